The van der Waals surface area contributed by atoms with Gasteiger partial charge in [0.05, 0.1) is 5.69 Å². The zero-order valence-electron chi connectivity index (χ0n) is 10.9. The minimum absolute atomic E-state index is 0.837. The summed E-state index contributed by atoms with van der Waals surface area (Å²) in [7, 11) is 0. The van der Waals surface area contributed by atoms with Crippen molar-refractivity contribution in [1.29, 1.82) is 0 Å². The van der Waals surface area contributed by atoms with Crippen LogP contribution in [0.4, 0.5) is 5.69 Å². The summed E-state index contributed by atoms with van der Waals surface area (Å²) in [6.45, 7) is 3.02. The first-order valence-corrected chi connectivity index (χ1v) is 7.83. The standard InChI is InChI=1S/C15H17ClN2S/c1-2-17-13-7-8-18-14(9-13)11-19-10-12-5-3-4-6-15(12)16/h3-9H,2,10-11H2,1H3,(H,17,18). The fraction of sp³-hybridized carbons (Fsp3) is 0.267. The smallest absolute Gasteiger partial charge is 0.0523 e. The number of benzene rings is 1. The Kier molecular flexibility index (Phi) is 5.55. The van der Waals surface area contributed by atoms with Crippen LogP contribution in [0, 0.1) is 0 Å². The van der Waals surface area contributed by atoms with Gasteiger partial charge in [0.2, 0.25) is 0 Å². The monoisotopic (exact) mass is 292 g/mol. The first-order chi connectivity index (χ1) is 9.29. The molecule has 1 aromatic carbocycles. The zero-order chi connectivity index (χ0) is 13.5. The number of aromatic nitrogens is 1. The van der Waals surface area contributed by atoms with Crippen molar-refractivity contribution in [3.63, 3.8) is 0 Å². The molecule has 0 aliphatic rings. The Morgan fingerprint density at radius 1 is 1.21 bits per heavy atom. The second-order valence-corrected chi connectivity index (χ2v) is 5.54. The third-order valence-electron chi connectivity index (χ3n) is 2.66. The Balaban J connectivity index is 1.89. The molecule has 0 aliphatic carbocycles. The summed E-state index contributed by atoms with van der Waals surface area (Å²) in [5, 5.41) is 4.13. The average molecular weight is 293 g/mol. The van der Waals surface area contributed by atoms with E-state index in [1.807, 2.05) is 42.2 Å². The number of rotatable bonds is 6. The Morgan fingerprint density at radius 3 is 2.84 bits per heavy atom. The van der Waals surface area contributed by atoms with Gasteiger partial charge in [0, 0.05) is 35.0 Å². The van der Waals surface area contributed by atoms with E-state index in [1.165, 1.54) is 5.56 Å². The first kappa shape index (κ1) is 14.2. The fourth-order valence-corrected chi connectivity index (χ4v) is 2.97. The van der Waals surface area contributed by atoms with E-state index in [-0.39, 0.29) is 0 Å². The van der Waals surface area contributed by atoms with Crippen molar-refractivity contribution in [3.05, 3.63) is 58.9 Å². The molecule has 2 nitrogen and oxygen atoms in total. The molecule has 0 atom stereocenters. The molecular weight excluding hydrogens is 276 g/mol. The Bertz CT molecular complexity index is 531. The van der Waals surface area contributed by atoms with Gasteiger partial charge < -0.3 is 5.32 Å². The molecule has 0 radical (unpaired) electrons. The average Bonchev–Trinajstić information content (AvgIpc) is 2.42. The maximum Gasteiger partial charge on any atom is 0.0523 e. The minimum atomic E-state index is 0.837. The highest BCUT2D eigenvalue weighted by Crippen LogP contribution is 2.23. The summed E-state index contributed by atoms with van der Waals surface area (Å²) in [6.07, 6.45) is 1.85. The van der Waals surface area contributed by atoms with Gasteiger partial charge in [-0.15, -0.1) is 0 Å². The highest BCUT2D eigenvalue weighted by molar-refractivity contribution is 7.97. The molecular formula is C15H17ClN2S. The van der Waals surface area contributed by atoms with Gasteiger partial charge in [-0.3, -0.25) is 4.98 Å². The van der Waals surface area contributed by atoms with Crippen molar-refractivity contribution in [2.75, 3.05) is 11.9 Å². The van der Waals surface area contributed by atoms with Gasteiger partial charge >= 0.3 is 0 Å². The summed E-state index contributed by atoms with van der Waals surface area (Å²) in [6, 6.07) is 12.1. The van der Waals surface area contributed by atoms with E-state index in [0.717, 1.165) is 34.5 Å². The van der Waals surface area contributed by atoms with Crippen molar-refractivity contribution >= 4 is 29.1 Å². The molecule has 0 saturated heterocycles. The Hall–Kier alpha value is -1.19. The maximum atomic E-state index is 6.13. The van der Waals surface area contributed by atoms with Gasteiger partial charge in [-0.25, -0.2) is 0 Å². The van der Waals surface area contributed by atoms with E-state index in [2.05, 4.69) is 29.4 Å². The molecule has 0 aliphatic heterocycles. The molecule has 4 heteroatoms. The van der Waals surface area contributed by atoms with Crippen LogP contribution in [0.15, 0.2) is 42.6 Å². The van der Waals surface area contributed by atoms with E-state index in [1.54, 1.807) is 0 Å². The van der Waals surface area contributed by atoms with Crippen LogP contribution >= 0.6 is 23.4 Å². The lowest BCUT2D eigenvalue weighted by Gasteiger charge is -2.06. The summed E-state index contributed by atoms with van der Waals surface area (Å²) in [5.41, 5.74) is 3.40. The van der Waals surface area contributed by atoms with Gasteiger partial charge in [0.1, 0.15) is 0 Å². The predicted molar refractivity (Wildman–Crippen MR) is 84.9 cm³/mol. The largest absolute Gasteiger partial charge is 0.385 e. The van der Waals surface area contributed by atoms with Gasteiger partial charge in [0.25, 0.3) is 0 Å². The molecule has 1 aromatic heterocycles. The molecule has 0 amide bonds. The van der Waals surface area contributed by atoms with Crippen LogP contribution < -0.4 is 5.32 Å². The number of pyridine rings is 1. The van der Waals surface area contributed by atoms with Gasteiger partial charge in [-0.05, 0) is 30.7 Å². The third kappa shape index (κ3) is 4.44. The molecule has 1 heterocycles. The van der Waals surface area contributed by atoms with Crippen molar-refractivity contribution in [2.45, 2.75) is 18.4 Å². The molecule has 100 valence electrons. The number of hydrogen-bond acceptors (Lipinski definition) is 3. The van der Waals surface area contributed by atoms with E-state index >= 15 is 0 Å². The Morgan fingerprint density at radius 2 is 2.05 bits per heavy atom. The van der Waals surface area contributed by atoms with E-state index in [9.17, 15) is 0 Å². The normalized spacial score (nSPS) is 10.4. The van der Waals surface area contributed by atoms with Crippen LogP contribution in [-0.2, 0) is 11.5 Å². The summed E-state index contributed by atoms with van der Waals surface area (Å²) >= 11 is 7.96. The molecule has 0 saturated carbocycles. The molecule has 0 unspecified atom stereocenters. The topological polar surface area (TPSA) is 24.9 Å². The van der Waals surface area contributed by atoms with Crippen molar-refractivity contribution < 1.29 is 0 Å². The molecule has 2 aromatic rings. The fourth-order valence-electron chi connectivity index (χ4n) is 1.75. The van der Waals surface area contributed by atoms with Gasteiger partial charge in [-0.1, -0.05) is 29.8 Å². The first-order valence-electron chi connectivity index (χ1n) is 6.29. The second kappa shape index (κ2) is 7.41. The lowest BCUT2D eigenvalue weighted by atomic mass is 10.2. The van der Waals surface area contributed by atoms with Crippen molar-refractivity contribution in [2.24, 2.45) is 0 Å². The van der Waals surface area contributed by atoms with E-state index < -0.39 is 0 Å². The Labute approximate surface area is 123 Å². The van der Waals surface area contributed by atoms with Crippen LogP contribution in [-0.4, -0.2) is 11.5 Å². The summed E-state index contributed by atoms with van der Waals surface area (Å²) < 4.78 is 0. The van der Waals surface area contributed by atoms with E-state index in [4.69, 9.17) is 11.6 Å². The number of halogens is 1. The number of thioether (sulfide) groups is 1. The second-order valence-electron chi connectivity index (χ2n) is 4.15. The van der Waals surface area contributed by atoms with Crippen molar-refractivity contribution in [3.8, 4) is 0 Å². The number of nitrogens with one attached hydrogen (secondary N) is 1. The minimum Gasteiger partial charge on any atom is -0.385 e. The van der Waals surface area contributed by atoms with Crippen LogP contribution in [0.2, 0.25) is 5.02 Å². The highest BCUT2D eigenvalue weighted by Gasteiger charge is 2.01. The molecule has 0 spiro atoms. The SMILES string of the molecule is CCNc1ccnc(CSCc2ccccc2Cl)c1. The number of hydrogen-bond donors (Lipinski definition) is 1. The molecule has 19 heavy (non-hydrogen) atoms. The summed E-state index contributed by atoms with van der Waals surface area (Å²) in [4.78, 5) is 4.38. The zero-order valence-corrected chi connectivity index (χ0v) is 12.5. The van der Waals surface area contributed by atoms with Crippen molar-refractivity contribution in [1.82, 2.24) is 4.98 Å². The van der Waals surface area contributed by atoms with Crippen LogP contribution in [0.25, 0.3) is 0 Å². The van der Waals surface area contributed by atoms with Crippen LogP contribution in [0.1, 0.15) is 18.2 Å². The summed E-state index contributed by atoms with van der Waals surface area (Å²) in [5.74, 6) is 1.80. The quantitative estimate of drug-likeness (QED) is 0.842. The molecule has 0 bridgehead atoms. The van der Waals surface area contributed by atoms with Crippen LogP contribution in [0.5, 0.6) is 0 Å². The molecule has 2 rings (SSSR count). The van der Waals surface area contributed by atoms with Crippen LogP contribution in [0.3, 0.4) is 0 Å². The maximum absolute atomic E-state index is 6.13. The lowest BCUT2D eigenvalue weighted by Crippen LogP contribution is -1.98. The third-order valence-corrected chi connectivity index (χ3v) is 4.05. The number of anilines is 1. The highest BCUT2D eigenvalue weighted by atomic mass is 35.5. The lowest BCUT2D eigenvalue weighted by molar-refractivity contribution is 1.15. The molecule has 1 N–H and O–H groups in total. The van der Waals surface area contributed by atoms with Gasteiger partial charge in [0.15, 0.2) is 0 Å². The number of nitrogens with zero attached hydrogens (tertiary/aromatic N) is 1. The molecule has 0 fully saturated rings. The van der Waals surface area contributed by atoms with E-state index in [0.29, 0.717) is 0 Å². The predicted octanol–water partition coefficient (Wildman–Crippen LogP) is 4.60. The van der Waals surface area contributed by atoms with Gasteiger partial charge in [-0.2, -0.15) is 11.8 Å².